The molecule has 0 spiro atoms. The number of amides is 2. The van der Waals surface area contributed by atoms with Gasteiger partial charge in [-0.05, 0) is 17.7 Å². The van der Waals surface area contributed by atoms with Crippen LogP contribution in [0.25, 0.3) is 0 Å². The smallest absolute Gasteiger partial charge is 0.314 e. The lowest BCUT2D eigenvalue weighted by atomic mass is 10.2. The van der Waals surface area contributed by atoms with E-state index in [1.807, 2.05) is 18.2 Å². The predicted molar refractivity (Wildman–Crippen MR) is 58.5 cm³/mol. The Balaban J connectivity index is 2.14. The third-order valence-electron chi connectivity index (χ3n) is 2.40. The third-order valence-corrected chi connectivity index (χ3v) is 2.40. The van der Waals surface area contributed by atoms with Crippen LogP contribution in [0.5, 0.6) is 11.5 Å². The van der Waals surface area contributed by atoms with Gasteiger partial charge < -0.3 is 20.1 Å². The van der Waals surface area contributed by atoms with Gasteiger partial charge in [0.05, 0.1) is 0 Å². The van der Waals surface area contributed by atoms with Gasteiger partial charge in [-0.1, -0.05) is 6.07 Å². The maximum absolute atomic E-state index is 10.9. The van der Waals surface area contributed by atoms with Gasteiger partial charge in [0.1, 0.15) is 13.2 Å². The number of primary amides is 1. The zero-order valence-electron chi connectivity index (χ0n) is 9.10. The van der Waals surface area contributed by atoms with Gasteiger partial charge >= 0.3 is 6.03 Å². The first-order valence-electron chi connectivity index (χ1n) is 5.06. The van der Waals surface area contributed by atoms with Crippen molar-refractivity contribution in [3.05, 3.63) is 23.8 Å². The third kappa shape index (κ3) is 2.18. The molecule has 5 nitrogen and oxygen atoms in total. The summed E-state index contributed by atoms with van der Waals surface area (Å²) in [6, 6.07) is 5.16. The molecular weight excluding hydrogens is 208 g/mol. The van der Waals surface area contributed by atoms with Crippen molar-refractivity contribution in [3.63, 3.8) is 0 Å². The maximum Gasteiger partial charge on any atom is 0.314 e. The minimum atomic E-state index is -0.449. The summed E-state index contributed by atoms with van der Waals surface area (Å²) in [7, 11) is 1.65. The maximum atomic E-state index is 10.9. The first-order chi connectivity index (χ1) is 7.66. The lowest BCUT2D eigenvalue weighted by molar-refractivity contribution is 0.171. The van der Waals surface area contributed by atoms with E-state index in [9.17, 15) is 4.79 Å². The lowest BCUT2D eigenvalue weighted by Crippen LogP contribution is -2.31. The molecule has 0 saturated heterocycles. The topological polar surface area (TPSA) is 64.8 Å². The number of hydrogen-bond acceptors (Lipinski definition) is 3. The normalized spacial score (nSPS) is 13.3. The van der Waals surface area contributed by atoms with Gasteiger partial charge in [0.25, 0.3) is 0 Å². The molecule has 0 fully saturated rings. The fraction of sp³-hybridized carbons (Fsp3) is 0.364. The minimum Gasteiger partial charge on any atom is -0.486 e. The van der Waals surface area contributed by atoms with Gasteiger partial charge in [-0.15, -0.1) is 0 Å². The number of carbonyl (C=O) groups is 1. The molecule has 16 heavy (non-hydrogen) atoms. The summed E-state index contributed by atoms with van der Waals surface area (Å²) in [6.45, 7) is 1.60. The van der Waals surface area contributed by atoms with E-state index in [1.54, 1.807) is 7.05 Å². The number of nitrogens with zero attached hydrogens (tertiary/aromatic N) is 1. The molecule has 5 heteroatoms. The summed E-state index contributed by atoms with van der Waals surface area (Å²) in [6.07, 6.45) is 0. The molecule has 1 aromatic rings. The standard InChI is InChI=1S/C11H14N2O3/c1-13(11(12)14)7-8-2-3-9-10(6-8)16-5-4-15-9/h2-3,6H,4-5,7H2,1H3,(H2,12,14). The van der Waals surface area contributed by atoms with Crippen molar-refractivity contribution in [3.8, 4) is 11.5 Å². The second-order valence-electron chi connectivity index (χ2n) is 3.67. The van der Waals surface area contributed by atoms with E-state index in [0.717, 1.165) is 17.1 Å². The van der Waals surface area contributed by atoms with E-state index in [-0.39, 0.29) is 0 Å². The van der Waals surface area contributed by atoms with Crippen molar-refractivity contribution in [2.75, 3.05) is 20.3 Å². The Bertz CT molecular complexity index is 406. The van der Waals surface area contributed by atoms with Crippen LogP contribution in [0.3, 0.4) is 0 Å². The first kappa shape index (κ1) is 10.6. The SMILES string of the molecule is CN(Cc1ccc2c(c1)OCCO2)C(N)=O. The van der Waals surface area contributed by atoms with Gasteiger partial charge in [0, 0.05) is 13.6 Å². The minimum absolute atomic E-state index is 0.449. The van der Waals surface area contributed by atoms with Crippen LogP contribution in [0.4, 0.5) is 4.79 Å². The van der Waals surface area contributed by atoms with Crippen LogP contribution in [0.2, 0.25) is 0 Å². The summed E-state index contributed by atoms with van der Waals surface area (Å²) >= 11 is 0. The highest BCUT2D eigenvalue weighted by molar-refractivity contribution is 5.71. The van der Waals surface area contributed by atoms with E-state index in [4.69, 9.17) is 15.2 Å². The van der Waals surface area contributed by atoms with E-state index >= 15 is 0 Å². The number of ether oxygens (including phenoxy) is 2. The summed E-state index contributed by atoms with van der Waals surface area (Å²) in [5, 5.41) is 0. The zero-order chi connectivity index (χ0) is 11.5. The van der Waals surface area contributed by atoms with Crippen LogP contribution < -0.4 is 15.2 Å². The molecule has 0 unspecified atom stereocenters. The molecule has 0 radical (unpaired) electrons. The van der Waals surface area contributed by atoms with Crippen molar-refractivity contribution in [1.82, 2.24) is 4.90 Å². The Kier molecular flexibility index (Phi) is 2.85. The van der Waals surface area contributed by atoms with Crippen LogP contribution in [0.15, 0.2) is 18.2 Å². The van der Waals surface area contributed by atoms with Crippen LogP contribution in [0, 0.1) is 0 Å². The van der Waals surface area contributed by atoms with E-state index in [0.29, 0.717) is 19.8 Å². The van der Waals surface area contributed by atoms with Crippen molar-refractivity contribution >= 4 is 6.03 Å². The first-order valence-corrected chi connectivity index (χ1v) is 5.06. The Morgan fingerprint density at radius 1 is 1.38 bits per heavy atom. The number of rotatable bonds is 2. The molecule has 0 bridgehead atoms. The molecule has 0 aromatic heterocycles. The highest BCUT2D eigenvalue weighted by Crippen LogP contribution is 2.30. The molecular formula is C11H14N2O3. The van der Waals surface area contributed by atoms with Crippen molar-refractivity contribution in [1.29, 1.82) is 0 Å². The summed E-state index contributed by atoms with van der Waals surface area (Å²) in [4.78, 5) is 12.3. The fourth-order valence-corrected chi connectivity index (χ4v) is 1.54. The second kappa shape index (κ2) is 4.30. The summed E-state index contributed by atoms with van der Waals surface area (Å²) in [5.74, 6) is 1.47. The molecule has 2 N–H and O–H groups in total. The molecule has 0 atom stereocenters. The van der Waals surface area contributed by atoms with Crippen LogP contribution in [-0.2, 0) is 6.54 Å². The highest BCUT2D eigenvalue weighted by atomic mass is 16.6. The molecule has 2 amide bonds. The molecule has 1 aliphatic heterocycles. The summed E-state index contributed by atoms with van der Waals surface area (Å²) in [5.41, 5.74) is 6.12. The van der Waals surface area contributed by atoms with Crippen LogP contribution >= 0.6 is 0 Å². The van der Waals surface area contributed by atoms with Crippen molar-refractivity contribution < 1.29 is 14.3 Å². The fourth-order valence-electron chi connectivity index (χ4n) is 1.54. The van der Waals surface area contributed by atoms with Gasteiger partial charge in [0.15, 0.2) is 11.5 Å². The monoisotopic (exact) mass is 222 g/mol. The Hall–Kier alpha value is -1.91. The predicted octanol–water partition coefficient (Wildman–Crippen LogP) is 0.968. The lowest BCUT2D eigenvalue weighted by Gasteiger charge is -2.20. The molecule has 2 rings (SSSR count). The number of nitrogens with two attached hydrogens (primary N) is 1. The van der Waals surface area contributed by atoms with Crippen LogP contribution in [-0.4, -0.2) is 31.2 Å². The molecule has 0 saturated carbocycles. The van der Waals surface area contributed by atoms with E-state index < -0.39 is 6.03 Å². The molecule has 1 heterocycles. The Morgan fingerprint density at radius 2 is 2.06 bits per heavy atom. The number of carbonyl (C=O) groups excluding carboxylic acids is 1. The number of benzene rings is 1. The van der Waals surface area contributed by atoms with Crippen LogP contribution in [0.1, 0.15) is 5.56 Å². The zero-order valence-corrected chi connectivity index (χ0v) is 9.10. The summed E-state index contributed by atoms with van der Waals surface area (Å²) < 4.78 is 10.8. The Morgan fingerprint density at radius 3 is 2.75 bits per heavy atom. The molecule has 1 aromatic carbocycles. The van der Waals surface area contributed by atoms with Gasteiger partial charge in [-0.2, -0.15) is 0 Å². The average molecular weight is 222 g/mol. The highest BCUT2D eigenvalue weighted by Gasteiger charge is 2.12. The van der Waals surface area contributed by atoms with E-state index in [1.165, 1.54) is 4.90 Å². The number of fused-ring (bicyclic) bond motifs is 1. The van der Waals surface area contributed by atoms with Gasteiger partial charge in [-0.25, -0.2) is 4.79 Å². The Labute approximate surface area is 93.7 Å². The molecule has 0 aliphatic carbocycles. The number of hydrogen-bond donors (Lipinski definition) is 1. The van der Waals surface area contributed by atoms with Gasteiger partial charge in [-0.3, -0.25) is 0 Å². The quantitative estimate of drug-likeness (QED) is 0.810. The average Bonchev–Trinajstić information content (AvgIpc) is 2.28. The van der Waals surface area contributed by atoms with E-state index in [2.05, 4.69) is 0 Å². The van der Waals surface area contributed by atoms with Crippen molar-refractivity contribution in [2.24, 2.45) is 5.73 Å². The number of urea groups is 1. The molecule has 86 valence electrons. The largest absolute Gasteiger partial charge is 0.486 e. The van der Waals surface area contributed by atoms with Gasteiger partial charge in [0.2, 0.25) is 0 Å². The second-order valence-corrected chi connectivity index (χ2v) is 3.67. The molecule has 1 aliphatic rings. The van der Waals surface area contributed by atoms with Crippen molar-refractivity contribution in [2.45, 2.75) is 6.54 Å².